The van der Waals surface area contributed by atoms with Crippen LogP contribution < -0.4 is 14.8 Å². The van der Waals surface area contributed by atoms with Gasteiger partial charge in [-0.25, -0.2) is 4.39 Å². The predicted octanol–water partition coefficient (Wildman–Crippen LogP) is 3.18. The molecular weight excluding hydrogens is 383 g/mol. The molecule has 0 aromatic heterocycles. The number of amides is 2. The van der Waals surface area contributed by atoms with Crippen LogP contribution in [0.3, 0.4) is 0 Å². The zero-order valence-electron chi connectivity index (χ0n) is 15.4. The van der Waals surface area contributed by atoms with Crippen molar-refractivity contribution in [3.8, 4) is 11.5 Å². The lowest BCUT2D eigenvalue weighted by molar-refractivity contribution is -0.131. The third-order valence-corrected chi connectivity index (χ3v) is 4.99. The van der Waals surface area contributed by atoms with Crippen LogP contribution in [0.2, 0.25) is 0 Å². The molecule has 3 rings (SSSR count). The van der Waals surface area contributed by atoms with E-state index in [0.29, 0.717) is 30.4 Å². The fourth-order valence-electron chi connectivity index (χ4n) is 2.53. The summed E-state index contributed by atoms with van der Waals surface area (Å²) < 4.78 is 24.1. The number of hydrogen-bond donors (Lipinski definition) is 1. The molecule has 2 aromatic carbocycles. The molecule has 6 nitrogen and oxygen atoms in total. The highest BCUT2D eigenvalue weighted by atomic mass is 32.2. The summed E-state index contributed by atoms with van der Waals surface area (Å²) in [6.45, 7) is 1.15. The molecule has 2 aromatic rings. The normalized spacial score (nSPS) is 12.8. The molecule has 0 saturated carbocycles. The number of hydrogen-bond acceptors (Lipinski definition) is 5. The van der Waals surface area contributed by atoms with Crippen molar-refractivity contribution in [1.82, 2.24) is 4.90 Å². The molecular formula is C20H21FN2O4S. The van der Waals surface area contributed by atoms with Crippen LogP contribution in [-0.2, 0) is 9.59 Å². The van der Waals surface area contributed by atoms with E-state index in [-0.39, 0.29) is 29.9 Å². The fourth-order valence-corrected chi connectivity index (χ4v) is 3.39. The molecule has 1 N–H and O–H groups in total. The van der Waals surface area contributed by atoms with Crippen LogP contribution in [0.1, 0.15) is 6.42 Å². The summed E-state index contributed by atoms with van der Waals surface area (Å²) in [5.74, 6) is 0.691. The summed E-state index contributed by atoms with van der Waals surface area (Å²) in [5.41, 5.74) is 0.480. The summed E-state index contributed by atoms with van der Waals surface area (Å²) in [7, 11) is 1.57. The molecule has 0 fully saturated rings. The highest BCUT2D eigenvalue weighted by Gasteiger charge is 2.15. The van der Waals surface area contributed by atoms with Gasteiger partial charge in [0, 0.05) is 24.1 Å². The van der Waals surface area contributed by atoms with E-state index < -0.39 is 0 Å². The largest absolute Gasteiger partial charge is 0.490 e. The van der Waals surface area contributed by atoms with E-state index in [9.17, 15) is 14.0 Å². The second-order valence-corrected chi connectivity index (χ2v) is 7.30. The van der Waals surface area contributed by atoms with E-state index in [1.54, 1.807) is 7.05 Å². The molecule has 0 saturated heterocycles. The summed E-state index contributed by atoms with van der Waals surface area (Å²) in [6, 6.07) is 11.0. The first-order valence-electron chi connectivity index (χ1n) is 8.83. The number of carbonyl (C=O) groups excluding carboxylic acids is 2. The average Bonchev–Trinajstić information content (AvgIpc) is 2.92. The van der Waals surface area contributed by atoms with Crippen molar-refractivity contribution < 1.29 is 23.5 Å². The summed E-state index contributed by atoms with van der Waals surface area (Å²) in [6.07, 6.45) is 0.834. The van der Waals surface area contributed by atoms with Crippen LogP contribution in [0.4, 0.5) is 10.1 Å². The number of nitrogens with one attached hydrogen (secondary N) is 1. The van der Waals surface area contributed by atoms with Crippen LogP contribution in [0.25, 0.3) is 0 Å². The molecule has 0 atom stereocenters. The first-order valence-corrected chi connectivity index (χ1v) is 9.81. The maximum Gasteiger partial charge on any atom is 0.243 e. The van der Waals surface area contributed by atoms with Crippen molar-refractivity contribution in [2.75, 3.05) is 37.9 Å². The minimum atomic E-state index is -0.378. The molecule has 1 aliphatic rings. The lowest BCUT2D eigenvalue weighted by Crippen LogP contribution is -2.35. The first kappa shape index (κ1) is 20.0. The smallest absolute Gasteiger partial charge is 0.243 e. The van der Waals surface area contributed by atoms with E-state index in [4.69, 9.17) is 9.47 Å². The summed E-state index contributed by atoms with van der Waals surface area (Å²) >= 11 is 1.37. The molecule has 0 radical (unpaired) electrons. The molecule has 8 heteroatoms. The molecule has 0 bridgehead atoms. The molecule has 2 amide bonds. The zero-order valence-corrected chi connectivity index (χ0v) is 16.3. The van der Waals surface area contributed by atoms with Gasteiger partial charge >= 0.3 is 0 Å². The van der Waals surface area contributed by atoms with Gasteiger partial charge in [-0.1, -0.05) is 0 Å². The number of nitrogens with zero attached hydrogens (tertiary/aromatic N) is 1. The average molecular weight is 404 g/mol. The standard InChI is InChI=1S/C20H21FN2O4S/c1-23(12-19(24)22-15-5-3-14(21)4-6-15)20(25)13-28-16-7-8-17-18(11-16)27-10-2-9-26-17/h3-8,11H,2,9-10,12-13H2,1H3,(H,22,24). The van der Waals surface area contributed by atoms with Crippen molar-refractivity contribution >= 4 is 29.3 Å². The van der Waals surface area contributed by atoms with Crippen molar-refractivity contribution in [3.63, 3.8) is 0 Å². The fraction of sp³-hybridized carbons (Fsp3) is 0.300. The van der Waals surface area contributed by atoms with Crippen LogP contribution in [-0.4, -0.2) is 49.3 Å². The maximum absolute atomic E-state index is 12.9. The lowest BCUT2D eigenvalue weighted by atomic mass is 10.3. The Labute approximate surface area is 167 Å². The highest BCUT2D eigenvalue weighted by molar-refractivity contribution is 8.00. The van der Waals surface area contributed by atoms with Gasteiger partial charge in [-0.05, 0) is 42.5 Å². The number of benzene rings is 2. The molecule has 0 spiro atoms. The van der Waals surface area contributed by atoms with E-state index in [0.717, 1.165) is 11.3 Å². The van der Waals surface area contributed by atoms with Crippen molar-refractivity contribution in [2.45, 2.75) is 11.3 Å². The maximum atomic E-state index is 12.9. The molecule has 1 aliphatic heterocycles. The Morgan fingerprint density at radius 1 is 1.11 bits per heavy atom. The quantitative estimate of drug-likeness (QED) is 0.749. The van der Waals surface area contributed by atoms with Gasteiger partial charge in [0.1, 0.15) is 5.82 Å². The third-order valence-electron chi connectivity index (χ3n) is 4.02. The van der Waals surface area contributed by atoms with E-state index in [2.05, 4.69) is 5.32 Å². The monoisotopic (exact) mass is 404 g/mol. The number of ether oxygens (including phenoxy) is 2. The lowest BCUT2D eigenvalue weighted by Gasteiger charge is -2.17. The van der Waals surface area contributed by atoms with Crippen LogP contribution >= 0.6 is 11.8 Å². The Morgan fingerprint density at radius 3 is 2.57 bits per heavy atom. The number of rotatable bonds is 6. The van der Waals surface area contributed by atoms with Gasteiger partial charge in [0.2, 0.25) is 11.8 Å². The molecule has 0 aliphatic carbocycles. The van der Waals surface area contributed by atoms with E-state index >= 15 is 0 Å². The topological polar surface area (TPSA) is 67.9 Å². The van der Waals surface area contributed by atoms with Gasteiger partial charge in [0.15, 0.2) is 11.5 Å². The third kappa shape index (κ3) is 5.63. The van der Waals surface area contributed by atoms with Gasteiger partial charge in [-0.15, -0.1) is 11.8 Å². The molecule has 1 heterocycles. The number of likely N-dealkylation sites (N-methyl/N-ethyl adjacent to an activating group) is 1. The number of halogens is 1. The van der Waals surface area contributed by atoms with Gasteiger partial charge in [-0.3, -0.25) is 9.59 Å². The van der Waals surface area contributed by atoms with E-state index in [1.807, 2.05) is 18.2 Å². The first-order chi connectivity index (χ1) is 13.5. The Bertz CT molecular complexity index is 845. The van der Waals surface area contributed by atoms with Gasteiger partial charge < -0.3 is 19.7 Å². The minimum absolute atomic E-state index is 0.0854. The molecule has 148 valence electrons. The van der Waals surface area contributed by atoms with Crippen LogP contribution in [0.15, 0.2) is 47.4 Å². The highest BCUT2D eigenvalue weighted by Crippen LogP contribution is 2.33. The molecule has 0 unspecified atom stereocenters. The van der Waals surface area contributed by atoms with Gasteiger partial charge in [0.25, 0.3) is 0 Å². The van der Waals surface area contributed by atoms with Crippen LogP contribution in [0, 0.1) is 5.82 Å². The Hall–Kier alpha value is -2.74. The molecule has 28 heavy (non-hydrogen) atoms. The second-order valence-electron chi connectivity index (χ2n) is 6.25. The van der Waals surface area contributed by atoms with Gasteiger partial charge in [-0.2, -0.15) is 0 Å². The zero-order chi connectivity index (χ0) is 19.9. The SMILES string of the molecule is CN(CC(=O)Nc1ccc(F)cc1)C(=O)CSc1ccc2c(c1)OCCCO2. The summed E-state index contributed by atoms with van der Waals surface area (Å²) in [4.78, 5) is 26.6. The second kappa shape index (κ2) is 9.45. The number of thioether (sulfide) groups is 1. The minimum Gasteiger partial charge on any atom is -0.490 e. The van der Waals surface area contributed by atoms with Crippen molar-refractivity contribution in [3.05, 3.63) is 48.3 Å². The number of fused-ring (bicyclic) bond motifs is 1. The predicted molar refractivity (Wildman–Crippen MR) is 105 cm³/mol. The van der Waals surface area contributed by atoms with Crippen molar-refractivity contribution in [2.24, 2.45) is 0 Å². The Balaban J connectivity index is 1.48. The van der Waals surface area contributed by atoms with Crippen LogP contribution in [0.5, 0.6) is 11.5 Å². The number of anilines is 1. The Morgan fingerprint density at radius 2 is 1.82 bits per heavy atom. The van der Waals surface area contributed by atoms with Gasteiger partial charge in [0.05, 0.1) is 25.5 Å². The summed E-state index contributed by atoms with van der Waals surface area (Å²) in [5, 5.41) is 2.63. The Kier molecular flexibility index (Phi) is 6.76. The number of carbonyl (C=O) groups is 2. The van der Waals surface area contributed by atoms with Crippen molar-refractivity contribution in [1.29, 1.82) is 0 Å². The van der Waals surface area contributed by atoms with E-state index in [1.165, 1.54) is 40.9 Å².